The van der Waals surface area contributed by atoms with Gasteiger partial charge >= 0.3 is 0 Å². The first-order valence-corrected chi connectivity index (χ1v) is 12.9. The molecule has 160 valence electrons. The molecule has 31 heavy (non-hydrogen) atoms. The second-order valence-electron chi connectivity index (χ2n) is 7.60. The number of amides is 1. The monoisotopic (exact) mass is 473 g/mol. The highest BCUT2D eigenvalue weighted by atomic mass is 32.2. The molecule has 0 saturated carbocycles. The van der Waals surface area contributed by atoms with Crippen molar-refractivity contribution < 1.29 is 13.2 Å². The highest BCUT2D eigenvalue weighted by Crippen LogP contribution is 2.32. The van der Waals surface area contributed by atoms with Gasteiger partial charge < -0.3 is 5.32 Å². The third-order valence-corrected chi connectivity index (χ3v) is 9.02. The van der Waals surface area contributed by atoms with Gasteiger partial charge in [0.1, 0.15) is 15.9 Å². The maximum Gasteiger partial charge on any atom is 0.245 e. The lowest BCUT2D eigenvalue weighted by Crippen LogP contribution is -2.46. The number of sulfonamides is 1. The van der Waals surface area contributed by atoms with Gasteiger partial charge in [0.15, 0.2) is 0 Å². The number of hydrogen-bond acceptors (Lipinski definition) is 8. The third-order valence-electron chi connectivity index (χ3n) is 5.62. The Morgan fingerprint density at radius 1 is 1.19 bits per heavy atom. The number of fused-ring (bicyclic) bond motifs is 2. The van der Waals surface area contributed by atoms with Crippen molar-refractivity contribution >= 4 is 65.9 Å². The lowest BCUT2D eigenvalue weighted by atomic mass is 9.92. The molecule has 1 aliphatic heterocycles. The van der Waals surface area contributed by atoms with E-state index in [9.17, 15) is 13.2 Å². The van der Waals surface area contributed by atoms with Gasteiger partial charge in [0, 0.05) is 24.2 Å². The quantitative estimate of drug-likeness (QED) is 0.484. The van der Waals surface area contributed by atoms with Crippen LogP contribution in [-0.2, 0) is 14.8 Å². The summed E-state index contributed by atoms with van der Waals surface area (Å²) >= 11 is 2.55. The van der Waals surface area contributed by atoms with Crippen molar-refractivity contribution in [2.45, 2.75) is 30.7 Å². The molecule has 1 saturated heterocycles. The highest BCUT2D eigenvalue weighted by molar-refractivity contribution is 7.89. The van der Waals surface area contributed by atoms with E-state index in [4.69, 9.17) is 0 Å². The van der Waals surface area contributed by atoms with Crippen LogP contribution in [0.1, 0.15) is 19.8 Å². The topological polar surface area (TPSA) is 105 Å². The van der Waals surface area contributed by atoms with E-state index in [-0.39, 0.29) is 29.3 Å². The summed E-state index contributed by atoms with van der Waals surface area (Å²) in [7, 11) is -3.73. The van der Waals surface area contributed by atoms with E-state index in [1.165, 1.54) is 4.31 Å². The Balaban J connectivity index is 1.31. The van der Waals surface area contributed by atoms with Crippen LogP contribution in [0.25, 0.3) is 21.3 Å². The molecule has 5 rings (SSSR count). The van der Waals surface area contributed by atoms with Gasteiger partial charge in [-0.3, -0.25) is 4.79 Å². The summed E-state index contributed by atoms with van der Waals surface area (Å²) in [6.45, 7) is 2.12. The first kappa shape index (κ1) is 20.4. The van der Waals surface area contributed by atoms with Gasteiger partial charge in [0.2, 0.25) is 15.9 Å². The molecule has 1 amide bonds. The molecule has 1 N–H and O–H groups in total. The third kappa shape index (κ3) is 3.71. The molecule has 0 spiro atoms. The van der Waals surface area contributed by atoms with Crippen molar-refractivity contribution in [2.24, 2.45) is 5.92 Å². The molecule has 2 atom stereocenters. The van der Waals surface area contributed by atoms with Gasteiger partial charge in [0.25, 0.3) is 0 Å². The van der Waals surface area contributed by atoms with Crippen LogP contribution in [0.15, 0.2) is 46.8 Å². The van der Waals surface area contributed by atoms with Gasteiger partial charge in [-0.2, -0.15) is 13.1 Å². The number of rotatable bonds is 4. The Morgan fingerprint density at radius 2 is 2.06 bits per heavy atom. The van der Waals surface area contributed by atoms with Gasteiger partial charge in [-0.1, -0.05) is 6.07 Å². The Kier molecular flexibility index (Phi) is 5.21. The summed E-state index contributed by atoms with van der Waals surface area (Å²) in [5.74, 6) is -0.353. The summed E-state index contributed by atoms with van der Waals surface area (Å²) in [5.41, 5.74) is 4.30. The van der Waals surface area contributed by atoms with Gasteiger partial charge in [-0.15, -0.1) is 11.3 Å². The molecule has 0 radical (unpaired) electrons. The van der Waals surface area contributed by atoms with E-state index < -0.39 is 10.0 Å². The van der Waals surface area contributed by atoms with E-state index in [0.717, 1.165) is 21.9 Å². The van der Waals surface area contributed by atoms with Crippen molar-refractivity contribution in [3.05, 3.63) is 41.9 Å². The second-order valence-corrected chi connectivity index (χ2v) is 10.9. The maximum atomic E-state index is 13.3. The van der Waals surface area contributed by atoms with Crippen LogP contribution >= 0.6 is 23.1 Å². The van der Waals surface area contributed by atoms with Gasteiger partial charge in [-0.25, -0.2) is 13.4 Å². The van der Waals surface area contributed by atoms with Crippen LogP contribution in [0.2, 0.25) is 0 Å². The fraction of sp³-hybridized carbons (Fsp3) is 0.300. The molecule has 4 aromatic rings. The number of thiazole rings is 1. The minimum Gasteiger partial charge on any atom is -0.326 e. The number of piperidine rings is 1. The van der Waals surface area contributed by atoms with E-state index in [0.29, 0.717) is 29.6 Å². The number of hydrogen-bond donors (Lipinski definition) is 1. The molecule has 0 unspecified atom stereocenters. The number of carbonyl (C=O) groups is 1. The van der Waals surface area contributed by atoms with Crippen LogP contribution in [-0.4, -0.2) is 44.9 Å². The van der Waals surface area contributed by atoms with E-state index in [1.807, 2.05) is 25.1 Å². The summed E-state index contributed by atoms with van der Waals surface area (Å²) in [6, 6.07) is 10.4. The van der Waals surface area contributed by atoms with E-state index in [1.54, 1.807) is 35.0 Å². The van der Waals surface area contributed by atoms with Crippen molar-refractivity contribution in [1.82, 2.24) is 18.0 Å². The Morgan fingerprint density at radius 3 is 2.90 bits per heavy atom. The van der Waals surface area contributed by atoms with Gasteiger partial charge in [0.05, 0.1) is 27.5 Å². The van der Waals surface area contributed by atoms with Crippen LogP contribution < -0.4 is 5.32 Å². The summed E-state index contributed by atoms with van der Waals surface area (Å²) in [6.07, 6.45) is 0.912. The summed E-state index contributed by atoms with van der Waals surface area (Å²) < 4.78 is 37.5. The standard InChI is InChI=1S/C20H19N5O3S3/c1-12-9-13(20(26)22-14-5-6-17-16(10-14)21-11-29-17)7-8-25(12)31(27,28)18-4-2-3-15-19(18)24-30-23-15/h2-6,10-13H,7-9H2,1H3,(H,22,26)/t12-,13+/m0/s1. The van der Waals surface area contributed by atoms with E-state index in [2.05, 4.69) is 19.0 Å². The number of aromatic nitrogens is 3. The predicted molar refractivity (Wildman–Crippen MR) is 122 cm³/mol. The molecule has 1 fully saturated rings. The molecule has 8 nitrogen and oxygen atoms in total. The lowest BCUT2D eigenvalue weighted by Gasteiger charge is -2.36. The molecule has 0 aliphatic carbocycles. The molecule has 1 aliphatic rings. The zero-order valence-corrected chi connectivity index (χ0v) is 19.0. The van der Waals surface area contributed by atoms with Gasteiger partial charge in [-0.05, 0) is 50.1 Å². The number of nitrogens with one attached hydrogen (secondary N) is 1. The molecular weight excluding hydrogens is 454 g/mol. The molecule has 0 bridgehead atoms. The largest absolute Gasteiger partial charge is 0.326 e. The van der Waals surface area contributed by atoms with Crippen molar-refractivity contribution in [3.8, 4) is 0 Å². The minimum absolute atomic E-state index is 0.0933. The highest BCUT2D eigenvalue weighted by Gasteiger charge is 2.38. The summed E-state index contributed by atoms with van der Waals surface area (Å²) in [4.78, 5) is 17.3. The zero-order chi connectivity index (χ0) is 21.6. The van der Waals surface area contributed by atoms with Crippen molar-refractivity contribution in [1.29, 1.82) is 0 Å². The average molecular weight is 474 g/mol. The predicted octanol–water partition coefficient (Wildman–Crippen LogP) is 3.73. The van der Waals surface area contributed by atoms with Crippen LogP contribution in [0, 0.1) is 5.92 Å². The molecular formula is C20H19N5O3S3. The normalized spacial score (nSPS) is 20.3. The number of benzene rings is 2. The molecule has 2 aromatic carbocycles. The van der Waals surface area contributed by atoms with Crippen molar-refractivity contribution in [3.63, 3.8) is 0 Å². The Bertz CT molecular complexity index is 1380. The second kappa shape index (κ2) is 7.90. The van der Waals surface area contributed by atoms with Crippen LogP contribution in [0.4, 0.5) is 5.69 Å². The maximum absolute atomic E-state index is 13.3. The fourth-order valence-electron chi connectivity index (χ4n) is 4.04. The SMILES string of the molecule is C[C@H]1C[C@H](C(=O)Nc2ccc3scnc3c2)CCN1S(=O)(=O)c1cccc2nsnc12. The van der Waals surface area contributed by atoms with E-state index >= 15 is 0 Å². The average Bonchev–Trinajstić information content (AvgIpc) is 3.42. The van der Waals surface area contributed by atoms with Crippen LogP contribution in [0.3, 0.4) is 0 Å². The first-order valence-electron chi connectivity index (χ1n) is 9.81. The van der Waals surface area contributed by atoms with Crippen molar-refractivity contribution in [2.75, 3.05) is 11.9 Å². The Labute approximate surface area is 187 Å². The smallest absolute Gasteiger partial charge is 0.245 e. The first-order chi connectivity index (χ1) is 14.9. The number of carbonyl (C=O) groups excluding carboxylic acids is 1. The molecule has 2 aromatic heterocycles. The van der Waals surface area contributed by atoms with Crippen LogP contribution in [0.5, 0.6) is 0 Å². The number of nitrogens with zero attached hydrogens (tertiary/aromatic N) is 4. The minimum atomic E-state index is -3.73. The lowest BCUT2D eigenvalue weighted by molar-refractivity contribution is -0.121. The Hall–Kier alpha value is -2.47. The fourth-order valence-corrected chi connectivity index (χ4v) is 7.11. The molecule has 3 heterocycles. The molecule has 11 heteroatoms. The zero-order valence-electron chi connectivity index (χ0n) is 16.6. The number of anilines is 1. The summed E-state index contributed by atoms with van der Waals surface area (Å²) in [5, 5.41) is 2.96.